The van der Waals surface area contributed by atoms with Gasteiger partial charge in [0.15, 0.2) is 0 Å². The van der Waals surface area contributed by atoms with E-state index in [-0.39, 0.29) is 36.9 Å². The van der Waals surface area contributed by atoms with Gasteiger partial charge in [-0.05, 0) is 59.5 Å². The molecule has 1 amide bonds. The molecule has 1 saturated heterocycles. The van der Waals surface area contributed by atoms with Gasteiger partial charge in [0.25, 0.3) is 0 Å². The van der Waals surface area contributed by atoms with Crippen LogP contribution < -0.4 is 5.73 Å². The molecule has 0 aromatic heterocycles. The average molecular weight is 609 g/mol. The first kappa shape index (κ1) is 29.5. The monoisotopic (exact) mass is 607 g/mol. The van der Waals surface area contributed by atoms with Crippen LogP contribution in [0.5, 0.6) is 0 Å². The zero-order valence-electron chi connectivity index (χ0n) is 21.4. The van der Waals surface area contributed by atoms with Gasteiger partial charge < -0.3 is 15.4 Å². The van der Waals surface area contributed by atoms with E-state index in [4.69, 9.17) is 56.9 Å². The lowest BCUT2D eigenvalue weighted by Gasteiger charge is -2.32. The van der Waals surface area contributed by atoms with Crippen molar-refractivity contribution < 1.29 is 14.3 Å². The predicted molar refractivity (Wildman–Crippen MR) is 158 cm³/mol. The van der Waals surface area contributed by atoms with E-state index in [9.17, 15) is 9.59 Å². The molecular formula is C29H29Cl4N3O3. The Kier molecular flexibility index (Phi) is 10.0. The molecular weight excluding hydrogens is 580 g/mol. The lowest BCUT2D eigenvalue weighted by atomic mass is 10.0. The van der Waals surface area contributed by atoms with E-state index < -0.39 is 0 Å². The topological polar surface area (TPSA) is 75.9 Å². The van der Waals surface area contributed by atoms with Crippen LogP contribution in [0.4, 0.5) is 5.69 Å². The molecule has 1 aliphatic rings. The summed E-state index contributed by atoms with van der Waals surface area (Å²) in [5, 5.41) is 1.70. The van der Waals surface area contributed by atoms with E-state index in [1.165, 1.54) is 0 Å². The van der Waals surface area contributed by atoms with Gasteiger partial charge in [0.05, 0.1) is 39.0 Å². The highest BCUT2D eigenvalue weighted by molar-refractivity contribution is 6.42. The number of hydrogen-bond acceptors (Lipinski definition) is 5. The fourth-order valence-electron chi connectivity index (χ4n) is 4.69. The lowest BCUT2D eigenvalue weighted by molar-refractivity contribution is -0.147. The quantitative estimate of drug-likeness (QED) is 0.222. The van der Waals surface area contributed by atoms with Crippen molar-refractivity contribution in [3.63, 3.8) is 0 Å². The highest BCUT2D eigenvalue weighted by Gasteiger charge is 2.31. The van der Waals surface area contributed by atoms with Crippen molar-refractivity contribution >= 4 is 64.0 Å². The molecule has 6 nitrogen and oxygen atoms in total. The van der Waals surface area contributed by atoms with Gasteiger partial charge in [-0.15, -0.1) is 0 Å². The lowest BCUT2D eigenvalue weighted by Crippen LogP contribution is -2.39. The molecule has 1 heterocycles. The molecule has 0 saturated carbocycles. The largest absolute Gasteiger partial charge is 0.461 e. The Labute approximate surface area is 248 Å². The van der Waals surface area contributed by atoms with Gasteiger partial charge >= 0.3 is 5.97 Å². The molecule has 4 rings (SSSR count). The SMILES string of the molecule is CN(C(=O)Cc1ccc(Cl)c(Cl)c1)C(CN1CCC(OC(=O)Cc2ccc(Cl)c(Cl)c2)C1)c1cccc(N)c1. The molecule has 2 atom stereocenters. The van der Waals surface area contributed by atoms with Gasteiger partial charge in [0, 0.05) is 32.4 Å². The van der Waals surface area contributed by atoms with Gasteiger partial charge in [-0.3, -0.25) is 14.5 Å². The number of hydrogen-bond donors (Lipinski definition) is 1. The standard InChI is InChI=1S/C29H29Cl4N3O3/c1-35(28(37)13-18-5-7-23(30)25(32)11-18)27(20-3-2-4-21(34)15-20)17-36-10-9-22(16-36)39-29(38)14-19-6-8-24(31)26(33)12-19/h2-8,11-12,15,22,27H,9-10,13-14,16-17,34H2,1H3. The van der Waals surface area contributed by atoms with Crippen LogP contribution in [-0.2, 0) is 27.2 Å². The zero-order valence-corrected chi connectivity index (χ0v) is 24.4. The fraction of sp³-hybridized carbons (Fsp3) is 0.310. The van der Waals surface area contributed by atoms with Crippen LogP contribution in [-0.4, -0.2) is 54.5 Å². The van der Waals surface area contributed by atoms with Crippen molar-refractivity contribution in [1.29, 1.82) is 0 Å². The van der Waals surface area contributed by atoms with Crippen LogP contribution in [0, 0.1) is 0 Å². The Morgan fingerprint density at radius 2 is 1.59 bits per heavy atom. The maximum absolute atomic E-state index is 13.3. The van der Waals surface area contributed by atoms with Gasteiger partial charge in [-0.1, -0.05) is 70.7 Å². The van der Waals surface area contributed by atoms with Crippen molar-refractivity contribution in [1.82, 2.24) is 9.80 Å². The molecule has 1 aliphatic heterocycles. The number of likely N-dealkylation sites (tertiary alicyclic amines) is 1. The number of carbonyl (C=O) groups is 2. The maximum atomic E-state index is 13.3. The third-order valence-corrected chi connectivity index (χ3v) is 8.26. The number of esters is 1. The number of rotatable bonds is 9. The van der Waals surface area contributed by atoms with Crippen LogP contribution >= 0.6 is 46.4 Å². The number of nitrogen functional groups attached to an aromatic ring is 1. The number of benzene rings is 3. The Morgan fingerprint density at radius 1 is 0.949 bits per heavy atom. The average Bonchev–Trinajstić information content (AvgIpc) is 3.33. The van der Waals surface area contributed by atoms with E-state index in [0.717, 1.165) is 23.2 Å². The summed E-state index contributed by atoms with van der Waals surface area (Å²) in [5.74, 6) is -0.383. The Morgan fingerprint density at radius 3 is 2.21 bits per heavy atom. The number of nitrogens with two attached hydrogens (primary N) is 1. The molecule has 3 aromatic rings. The first-order valence-corrected chi connectivity index (χ1v) is 14.0. The molecule has 0 bridgehead atoms. The van der Waals surface area contributed by atoms with Gasteiger partial charge in [-0.2, -0.15) is 0 Å². The number of anilines is 1. The second-order valence-corrected chi connectivity index (χ2v) is 11.3. The number of likely N-dealkylation sites (N-methyl/N-ethyl adjacent to an activating group) is 1. The van der Waals surface area contributed by atoms with Crippen LogP contribution in [0.2, 0.25) is 20.1 Å². The number of halogens is 4. The second-order valence-electron chi connectivity index (χ2n) is 9.70. The normalized spacial score (nSPS) is 16.2. The fourth-order valence-corrected chi connectivity index (χ4v) is 5.33. The molecule has 0 spiro atoms. The summed E-state index contributed by atoms with van der Waals surface area (Å²) < 4.78 is 5.75. The number of nitrogens with zero attached hydrogens (tertiary/aromatic N) is 2. The van der Waals surface area contributed by atoms with Gasteiger partial charge in [0.1, 0.15) is 6.10 Å². The van der Waals surface area contributed by atoms with E-state index >= 15 is 0 Å². The second kappa shape index (κ2) is 13.2. The maximum Gasteiger partial charge on any atom is 0.310 e. The van der Waals surface area contributed by atoms with Crippen molar-refractivity contribution in [2.75, 3.05) is 32.4 Å². The van der Waals surface area contributed by atoms with E-state index in [0.29, 0.717) is 45.3 Å². The van der Waals surface area contributed by atoms with Crippen molar-refractivity contribution in [2.24, 2.45) is 0 Å². The van der Waals surface area contributed by atoms with Crippen LogP contribution in [0.3, 0.4) is 0 Å². The first-order chi connectivity index (χ1) is 18.6. The van der Waals surface area contributed by atoms with Crippen LogP contribution in [0.1, 0.15) is 29.2 Å². The summed E-state index contributed by atoms with van der Waals surface area (Å²) in [7, 11) is 1.79. The summed E-state index contributed by atoms with van der Waals surface area (Å²) in [5.41, 5.74) is 9.15. The smallest absolute Gasteiger partial charge is 0.310 e. The minimum atomic E-state index is -0.318. The highest BCUT2D eigenvalue weighted by atomic mass is 35.5. The number of ether oxygens (including phenoxy) is 1. The highest BCUT2D eigenvalue weighted by Crippen LogP contribution is 2.28. The van der Waals surface area contributed by atoms with Crippen molar-refractivity contribution in [2.45, 2.75) is 31.4 Å². The minimum absolute atomic E-state index is 0.0652. The number of carbonyl (C=O) groups excluding carboxylic acids is 2. The van der Waals surface area contributed by atoms with E-state index in [1.54, 1.807) is 48.3 Å². The molecule has 206 valence electrons. The molecule has 3 aromatic carbocycles. The Balaban J connectivity index is 1.40. The first-order valence-electron chi connectivity index (χ1n) is 12.5. The van der Waals surface area contributed by atoms with Gasteiger partial charge in [0.2, 0.25) is 5.91 Å². The third kappa shape index (κ3) is 8.03. The molecule has 2 unspecified atom stereocenters. The summed E-state index contributed by atoms with van der Waals surface area (Å²) in [6.07, 6.45) is 0.767. The Hall–Kier alpha value is -2.48. The van der Waals surface area contributed by atoms with E-state index in [1.807, 2.05) is 24.3 Å². The van der Waals surface area contributed by atoms with Gasteiger partial charge in [-0.25, -0.2) is 0 Å². The summed E-state index contributed by atoms with van der Waals surface area (Å²) in [6.45, 7) is 1.87. The molecule has 0 radical (unpaired) electrons. The molecule has 0 aliphatic carbocycles. The zero-order chi connectivity index (χ0) is 28.1. The Bertz CT molecular complexity index is 1350. The summed E-state index contributed by atoms with van der Waals surface area (Å²) >= 11 is 24.2. The van der Waals surface area contributed by atoms with Crippen LogP contribution in [0.25, 0.3) is 0 Å². The van der Waals surface area contributed by atoms with Crippen molar-refractivity contribution in [3.8, 4) is 0 Å². The van der Waals surface area contributed by atoms with Crippen LogP contribution in [0.15, 0.2) is 60.7 Å². The predicted octanol–water partition coefficient (Wildman–Crippen LogP) is 6.48. The molecule has 2 N–H and O–H groups in total. The van der Waals surface area contributed by atoms with E-state index in [2.05, 4.69) is 4.90 Å². The summed E-state index contributed by atoms with van der Waals surface area (Å²) in [6, 6.07) is 17.6. The molecule has 1 fully saturated rings. The van der Waals surface area contributed by atoms with Crippen molar-refractivity contribution in [3.05, 3.63) is 97.4 Å². The molecule has 10 heteroatoms. The third-order valence-electron chi connectivity index (χ3n) is 6.79. The molecule has 39 heavy (non-hydrogen) atoms. The summed E-state index contributed by atoms with van der Waals surface area (Å²) in [4.78, 5) is 29.8. The number of amides is 1. The minimum Gasteiger partial charge on any atom is -0.461 e.